The van der Waals surface area contributed by atoms with E-state index in [1.54, 1.807) is 42.5 Å². The van der Waals surface area contributed by atoms with Crippen molar-refractivity contribution in [2.75, 3.05) is 20.3 Å². The van der Waals surface area contributed by atoms with Crippen LogP contribution in [0.25, 0.3) is 5.76 Å². The monoisotopic (exact) mass is 425 g/mol. The number of Topliss-reactive ketones (excluding diaryl/α,β-unsaturated/α-hetero) is 1. The number of hydrogen-bond acceptors (Lipinski definition) is 6. The average Bonchev–Trinajstić information content (AvgIpc) is 3.02. The van der Waals surface area contributed by atoms with Gasteiger partial charge in [0, 0.05) is 18.7 Å². The number of methoxy groups -OCH3 is 1. The molecule has 31 heavy (non-hydrogen) atoms. The summed E-state index contributed by atoms with van der Waals surface area (Å²) in [6.07, 6.45) is 0.591. The Balaban J connectivity index is 2.06. The van der Waals surface area contributed by atoms with E-state index in [0.717, 1.165) is 0 Å². The first-order valence-electron chi connectivity index (χ1n) is 10.2. The van der Waals surface area contributed by atoms with Gasteiger partial charge in [0.2, 0.25) is 0 Å². The average molecular weight is 425 g/mol. The minimum Gasteiger partial charge on any atom is -0.507 e. The minimum absolute atomic E-state index is 0.00807. The summed E-state index contributed by atoms with van der Waals surface area (Å²) >= 11 is 0. The number of aliphatic hydroxyl groups is 1. The summed E-state index contributed by atoms with van der Waals surface area (Å²) < 4.78 is 10.8. The number of hydrogen-bond donors (Lipinski definition) is 2. The van der Waals surface area contributed by atoms with E-state index < -0.39 is 17.7 Å². The third kappa shape index (κ3) is 4.72. The number of carbonyl (C=O) groups excluding carboxylic acids is 2. The second-order valence-electron chi connectivity index (χ2n) is 7.56. The number of aliphatic hydroxyl groups excluding tert-OH is 1. The van der Waals surface area contributed by atoms with Gasteiger partial charge in [0.15, 0.2) is 11.5 Å². The van der Waals surface area contributed by atoms with Crippen molar-refractivity contribution in [1.82, 2.24) is 4.90 Å². The van der Waals surface area contributed by atoms with Gasteiger partial charge in [0.05, 0.1) is 24.8 Å². The molecule has 0 aliphatic carbocycles. The highest BCUT2D eigenvalue weighted by Crippen LogP contribution is 2.41. The van der Waals surface area contributed by atoms with Gasteiger partial charge < -0.3 is 24.6 Å². The van der Waals surface area contributed by atoms with Crippen molar-refractivity contribution in [3.8, 4) is 11.5 Å². The van der Waals surface area contributed by atoms with E-state index in [0.29, 0.717) is 24.2 Å². The Morgan fingerprint density at radius 1 is 1.13 bits per heavy atom. The molecule has 7 nitrogen and oxygen atoms in total. The number of phenols is 1. The summed E-state index contributed by atoms with van der Waals surface area (Å²) in [6.45, 7) is 4.56. The van der Waals surface area contributed by atoms with Crippen LogP contribution in [0.2, 0.25) is 0 Å². The van der Waals surface area contributed by atoms with E-state index in [-0.39, 0.29) is 35.5 Å². The fourth-order valence-electron chi connectivity index (χ4n) is 3.63. The van der Waals surface area contributed by atoms with Gasteiger partial charge in [-0.05, 0) is 38.0 Å². The Morgan fingerprint density at radius 3 is 2.48 bits per heavy atom. The number of rotatable bonds is 8. The third-order valence-electron chi connectivity index (χ3n) is 5.10. The van der Waals surface area contributed by atoms with Crippen molar-refractivity contribution in [2.45, 2.75) is 32.4 Å². The molecule has 0 radical (unpaired) electrons. The summed E-state index contributed by atoms with van der Waals surface area (Å²) in [5.74, 6) is -1.51. The zero-order chi connectivity index (χ0) is 22.5. The highest BCUT2D eigenvalue weighted by molar-refractivity contribution is 6.46. The SMILES string of the molecule is COc1cc([C@H]2C(=C(O)c3ccccc3)C(=O)C(=O)N2CCCOC(C)C)ccc1O. The molecule has 1 aliphatic rings. The lowest BCUT2D eigenvalue weighted by molar-refractivity contribution is -0.140. The first-order chi connectivity index (χ1) is 14.8. The van der Waals surface area contributed by atoms with Gasteiger partial charge >= 0.3 is 0 Å². The maximum atomic E-state index is 13.0. The number of likely N-dealkylation sites (tertiary alicyclic amines) is 1. The number of aromatic hydroxyl groups is 1. The number of benzene rings is 2. The van der Waals surface area contributed by atoms with Crippen molar-refractivity contribution in [3.05, 3.63) is 65.2 Å². The zero-order valence-electron chi connectivity index (χ0n) is 17.9. The number of ketones is 1. The molecule has 1 fully saturated rings. The van der Waals surface area contributed by atoms with E-state index in [4.69, 9.17) is 9.47 Å². The standard InChI is InChI=1S/C24H27NO6/c1-15(2)31-13-7-12-25-21(17-10-11-18(26)19(14-17)30-3)20(23(28)24(25)29)22(27)16-8-5-4-6-9-16/h4-6,8-11,14-15,21,26-27H,7,12-13H2,1-3H3/t21-/m0/s1. The molecule has 3 rings (SSSR count). The molecule has 0 aromatic heterocycles. The second-order valence-corrected chi connectivity index (χ2v) is 7.56. The van der Waals surface area contributed by atoms with Gasteiger partial charge in [-0.15, -0.1) is 0 Å². The van der Waals surface area contributed by atoms with Crippen LogP contribution in [0, 0.1) is 0 Å². The van der Waals surface area contributed by atoms with Crippen molar-refractivity contribution < 1.29 is 29.3 Å². The number of carbonyl (C=O) groups is 2. The highest BCUT2D eigenvalue weighted by atomic mass is 16.5. The molecule has 2 aromatic rings. The summed E-state index contributed by atoms with van der Waals surface area (Å²) in [6, 6.07) is 12.5. The van der Waals surface area contributed by atoms with Crippen LogP contribution in [0.4, 0.5) is 0 Å². The Hall–Kier alpha value is -3.32. The predicted molar refractivity (Wildman–Crippen MR) is 116 cm³/mol. The van der Waals surface area contributed by atoms with Crippen molar-refractivity contribution in [3.63, 3.8) is 0 Å². The molecule has 1 atom stereocenters. The van der Waals surface area contributed by atoms with Gasteiger partial charge in [-0.2, -0.15) is 0 Å². The van der Waals surface area contributed by atoms with Crippen LogP contribution in [-0.4, -0.2) is 53.2 Å². The first kappa shape index (κ1) is 22.4. The number of nitrogens with zero attached hydrogens (tertiary/aromatic N) is 1. The lowest BCUT2D eigenvalue weighted by Gasteiger charge is -2.26. The molecule has 1 heterocycles. The van der Waals surface area contributed by atoms with Crippen molar-refractivity contribution >= 4 is 17.4 Å². The fraction of sp³-hybridized carbons (Fsp3) is 0.333. The molecule has 7 heteroatoms. The Morgan fingerprint density at radius 2 is 1.84 bits per heavy atom. The van der Waals surface area contributed by atoms with Gasteiger partial charge in [-0.3, -0.25) is 9.59 Å². The van der Waals surface area contributed by atoms with E-state index in [9.17, 15) is 19.8 Å². The predicted octanol–water partition coefficient (Wildman–Crippen LogP) is 3.64. The zero-order valence-corrected chi connectivity index (χ0v) is 17.9. The van der Waals surface area contributed by atoms with Crippen LogP contribution < -0.4 is 4.74 Å². The van der Waals surface area contributed by atoms with Crippen LogP contribution >= 0.6 is 0 Å². The minimum atomic E-state index is -0.811. The lowest BCUT2D eigenvalue weighted by Crippen LogP contribution is -2.31. The normalized spacial score (nSPS) is 18.1. The smallest absolute Gasteiger partial charge is 0.295 e. The third-order valence-corrected chi connectivity index (χ3v) is 5.10. The maximum Gasteiger partial charge on any atom is 0.295 e. The Bertz CT molecular complexity index is 983. The maximum absolute atomic E-state index is 13.0. The van der Waals surface area contributed by atoms with Crippen LogP contribution in [-0.2, 0) is 14.3 Å². The molecule has 1 amide bonds. The quantitative estimate of drug-likeness (QED) is 0.290. The molecule has 2 N–H and O–H groups in total. The number of ether oxygens (including phenoxy) is 2. The highest BCUT2D eigenvalue weighted by Gasteiger charge is 2.46. The van der Waals surface area contributed by atoms with Gasteiger partial charge in [-0.25, -0.2) is 0 Å². The summed E-state index contributed by atoms with van der Waals surface area (Å²) in [4.78, 5) is 27.3. The lowest BCUT2D eigenvalue weighted by atomic mass is 9.95. The van der Waals surface area contributed by atoms with E-state index in [2.05, 4.69) is 0 Å². The first-order valence-corrected chi connectivity index (χ1v) is 10.2. The van der Waals surface area contributed by atoms with Gasteiger partial charge in [-0.1, -0.05) is 36.4 Å². The van der Waals surface area contributed by atoms with Gasteiger partial charge in [0.1, 0.15) is 5.76 Å². The molecule has 0 spiro atoms. The van der Waals surface area contributed by atoms with Crippen LogP contribution in [0.1, 0.15) is 37.4 Å². The largest absolute Gasteiger partial charge is 0.507 e. The molecule has 1 aliphatic heterocycles. The summed E-state index contributed by atoms with van der Waals surface area (Å²) in [5.41, 5.74) is 1.00. The molecular weight excluding hydrogens is 398 g/mol. The number of phenolic OH excluding ortho intramolecular Hbond substituents is 1. The molecule has 0 saturated carbocycles. The van der Waals surface area contributed by atoms with Crippen molar-refractivity contribution in [2.24, 2.45) is 0 Å². The molecule has 0 unspecified atom stereocenters. The summed E-state index contributed by atoms with van der Waals surface area (Å²) in [7, 11) is 1.42. The van der Waals surface area contributed by atoms with Crippen LogP contribution in [0.3, 0.4) is 0 Å². The fourth-order valence-corrected chi connectivity index (χ4v) is 3.63. The topological polar surface area (TPSA) is 96.3 Å². The molecule has 164 valence electrons. The number of amides is 1. The van der Waals surface area contributed by atoms with Gasteiger partial charge in [0.25, 0.3) is 11.7 Å². The molecule has 2 aromatic carbocycles. The van der Waals surface area contributed by atoms with Crippen LogP contribution in [0.5, 0.6) is 11.5 Å². The molecular formula is C24H27NO6. The summed E-state index contributed by atoms with van der Waals surface area (Å²) in [5, 5.41) is 20.9. The Kier molecular flexibility index (Phi) is 6.97. The Labute approximate surface area is 181 Å². The van der Waals surface area contributed by atoms with E-state index in [1.165, 1.54) is 18.1 Å². The van der Waals surface area contributed by atoms with E-state index in [1.807, 2.05) is 13.8 Å². The van der Waals surface area contributed by atoms with Crippen LogP contribution in [0.15, 0.2) is 54.1 Å². The van der Waals surface area contributed by atoms with Crippen molar-refractivity contribution in [1.29, 1.82) is 0 Å². The molecule has 1 saturated heterocycles. The molecule has 0 bridgehead atoms. The second kappa shape index (κ2) is 9.66. The van der Waals surface area contributed by atoms with E-state index >= 15 is 0 Å².